The average molecular weight is 202 g/mol. The molecular weight excluding hydrogens is 183 g/mol. The Morgan fingerprint density at radius 2 is 2.38 bits per heavy atom. The minimum atomic E-state index is 0.360. The maximum absolute atomic E-state index is 10.9. The first kappa shape index (κ1) is 11.1. The fraction of sp³-hybridized carbons (Fsp3) is 0.889. The summed E-state index contributed by atoms with van der Waals surface area (Å²) >= 11 is 0. The second-order valence-electron chi connectivity index (χ2n) is 3.70. The molecule has 0 aliphatic carbocycles. The molecule has 4 heteroatoms. The number of hydrogen-bond acceptors (Lipinski definition) is 3. The summed E-state index contributed by atoms with van der Waals surface area (Å²) in [4.78, 5) is 13.2. The lowest BCUT2D eigenvalue weighted by atomic mass is 10.1. The Bertz CT molecular complexity index is 175. The molecule has 0 spiro atoms. The van der Waals surface area contributed by atoms with Crippen LogP contribution < -0.4 is 5.32 Å². The standard InChI is InChI=1S/C9H19N2OP/c1-11(4-5-13)3-2-8-6-9(12)7-10-8/h8,10H,2-7,13H2,1H3. The summed E-state index contributed by atoms with van der Waals surface area (Å²) in [5, 5.41) is 3.22. The highest BCUT2D eigenvalue weighted by atomic mass is 31.0. The van der Waals surface area contributed by atoms with Gasteiger partial charge in [-0.3, -0.25) is 4.79 Å². The second-order valence-corrected chi connectivity index (χ2v) is 4.28. The Hall–Kier alpha value is 0.0200. The third kappa shape index (κ3) is 4.17. The molecule has 0 radical (unpaired) electrons. The van der Waals surface area contributed by atoms with Crippen LogP contribution in [-0.2, 0) is 4.79 Å². The van der Waals surface area contributed by atoms with Crippen molar-refractivity contribution in [2.75, 3.05) is 32.8 Å². The Balaban J connectivity index is 2.08. The van der Waals surface area contributed by atoms with Gasteiger partial charge < -0.3 is 10.2 Å². The minimum absolute atomic E-state index is 0.360. The lowest BCUT2D eigenvalue weighted by Crippen LogP contribution is -2.29. The molecule has 2 atom stereocenters. The van der Waals surface area contributed by atoms with Crippen LogP contribution in [0.5, 0.6) is 0 Å². The van der Waals surface area contributed by atoms with Gasteiger partial charge in [0.2, 0.25) is 0 Å². The number of rotatable bonds is 5. The number of carbonyl (C=O) groups is 1. The van der Waals surface area contributed by atoms with Crippen LogP contribution in [0.25, 0.3) is 0 Å². The molecule has 0 aromatic rings. The van der Waals surface area contributed by atoms with E-state index in [9.17, 15) is 4.79 Å². The van der Waals surface area contributed by atoms with E-state index in [-0.39, 0.29) is 0 Å². The van der Waals surface area contributed by atoms with Crippen LogP contribution in [0.15, 0.2) is 0 Å². The fourth-order valence-corrected chi connectivity index (χ4v) is 2.03. The molecule has 76 valence electrons. The summed E-state index contributed by atoms with van der Waals surface area (Å²) in [7, 11) is 4.85. The lowest BCUT2D eigenvalue weighted by Gasteiger charge is -2.17. The monoisotopic (exact) mass is 202 g/mol. The van der Waals surface area contributed by atoms with E-state index in [4.69, 9.17) is 0 Å². The molecule has 1 rings (SSSR count). The van der Waals surface area contributed by atoms with Crippen molar-refractivity contribution < 1.29 is 4.79 Å². The van der Waals surface area contributed by atoms with Crippen molar-refractivity contribution in [1.82, 2.24) is 10.2 Å². The fourth-order valence-electron chi connectivity index (χ4n) is 1.59. The second kappa shape index (κ2) is 5.69. The largest absolute Gasteiger partial charge is 0.307 e. The molecule has 1 fully saturated rings. The maximum atomic E-state index is 10.9. The molecular formula is C9H19N2OP. The van der Waals surface area contributed by atoms with Gasteiger partial charge in [-0.2, -0.15) is 0 Å². The van der Waals surface area contributed by atoms with Gasteiger partial charge in [-0.25, -0.2) is 0 Å². The maximum Gasteiger partial charge on any atom is 0.148 e. The van der Waals surface area contributed by atoms with Crippen LogP contribution in [0.2, 0.25) is 0 Å². The van der Waals surface area contributed by atoms with Gasteiger partial charge >= 0.3 is 0 Å². The van der Waals surface area contributed by atoms with Gasteiger partial charge in [0, 0.05) is 19.0 Å². The minimum Gasteiger partial charge on any atom is -0.307 e. The zero-order chi connectivity index (χ0) is 9.68. The topological polar surface area (TPSA) is 32.3 Å². The molecule has 0 saturated carbocycles. The van der Waals surface area contributed by atoms with Crippen LogP contribution in [0.4, 0.5) is 0 Å². The van der Waals surface area contributed by atoms with E-state index in [1.54, 1.807) is 0 Å². The van der Waals surface area contributed by atoms with E-state index >= 15 is 0 Å². The first-order chi connectivity index (χ1) is 6.22. The van der Waals surface area contributed by atoms with Crippen LogP contribution in [0, 0.1) is 0 Å². The molecule has 0 aromatic carbocycles. The number of ketones is 1. The van der Waals surface area contributed by atoms with Gasteiger partial charge in [-0.15, -0.1) is 9.24 Å². The van der Waals surface area contributed by atoms with Crippen molar-refractivity contribution in [1.29, 1.82) is 0 Å². The van der Waals surface area contributed by atoms with Crippen LogP contribution in [-0.4, -0.2) is 49.6 Å². The predicted octanol–water partition coefficient (Wildman–Crippen LogP) is 0.114. The molecule has 0 bridgehead atoms. The van der Waals surface area contributed by atoms with Crippen molar-refractivity contribution >= 4 is 15.0 Å². The van der Waals surface area contributed by atoms with Crippen molar-refractivity contribution in [3.63, 3.8) is 0 Å². The van der Waals surface area contributed by atoms with E-state index in [2.05, 4.69) is 26.5 Å². The van der Waals surface area contributed by atoms with Crippen LogP contribution in [0.1, 0.15) is 12.8 Å². The van der Waals surface area contributed by atoms with Gasteiger partial charge in [0.05, 0.1) is 6.54 Å². The van der Waals surface area contributed by atoms with Gasteiger partial charge in [0.25, 0.3) is 0 Å². The van der Waals surface area contributed by atoms with Crippen LogP contribution >= 0.6 is 9.24 Å². The molecule has 1 aliphatic rings. The van der Waals surface area contributed by atoms with Crippen molar-refractivity contribution in [3.8, 4) is 0 Å². The summed E-state index contributed by atoms with van der Waals surface area (Å²) < 4.78 is 0. The lowest BCUT2D eigenvalue weighted by molar-refractivity contribution is -0.116. The van der Waals surface area contributed by atoms with E-state index in [0.717, 1.165) is 32.1 Å². The molecule has 3 nitrogen and oxygen atoms in total. The number of nitrogens with one attached hydrogen (secondary N) is 1. The Morgan fingerprint density at radius 1 is 1.62 bits per heavy atom. The molecule has 1 heterocycles. The van der Waals surface area contributed by atoms with E-state index < -0.39 is 0 Å². The zero-order valence-corrected chi connectivity index (χ0v) is 9.41. The molecule has 0 aromatic heterocycles. The summed E-state index contributed by atoms with van der Waals surface area (Å²) in [5.74, 6) is 0.360. The molecule has 1 saturated heterocycles. The number of carbonyl (C=O) groups excluding carboxylic acids is 1. The van der Waals surface area contributed by atoms with Crippen molar-refractivity contribution in [2.45, 2.75) is 18.9 Å². The summed E-state index contributed by atoms with van der Waals surface area (Å²) in [6.07, 6.45) is 2.94. The molecule has 1 aliphatic heterocycles. The van der Waals surface area contributed by atoms with Gasteiger partial charge in [-0.1, -0.05) is 0 Å². The van der Waals surface area contributed by atoms with Gasteiger partial charge in [0.1, 0.15) is 5.78 Å². The Morgan fingerprint density at radius 3 is 2.92 bits per heavy atom. The molecule has 0 amide bonds. The van der Waals surface area contributed by atoms with E-state index in [0.29, 0.717) is 18.4 Å². The zero-order valence-electron chi connectivity index (χ0n) is 8.25. The average Bonchev–Trinajstić information content (AvgIpc) is 2.49. The Labute approximate surface area is 82.5 Å². The summed E-state index contributed by atoms with van der Waals surface area (Å²) in [6.45, 7) is 2.78. The van der Waals surface area contributed by atoms with Crippen molar-refractivity contribution in [2.24, 2.45) is 0 Å². The first-order valence-electron chi connectivity index (χ1n) is 4.86. The highest BCUT2D eigenvalue weighted by molar-refractivity contribution is 7.16. The van der Waals surface area contributed by atoms with Gasteiger partial charge in [-0.05, 0) is 26.2 Å². The molecule has 13 heavy (non-hydrogen) atoms. The molecule has 2 unspecified atom stereocenters. The number of Topliss-reactive ketones (excluding diaryl/α,β-unsaturated/α-hetero) is 1. The highest BCUT2D eigenvalue weighted by Crippen LogP contribution is 2.06. The Kier molecular flexibility index (Phi) is 4.86. The van der Waals surface area contributed by atoms with E-state index in [1.165, 1.54) is 0 Å². The third-order valence-electron chi connectivity index (χ3n) is 2.43. The first-order valence-corrected chi connectivity index (χ1v) is 5.67. The molecule has 1 N–H and O–H groups in total. The quantitative estimate of drug-likeness (QED) is 0.642. The third-order valence-corrected chi connectivity index (χ3v) is 2.69. The summed E-state index contributed by atoms with van der Waals surface area (Å²) in [6, 6.07) is 0.430. The summed E-state index contributed by atoms with van der Waals surface area (Å²) in [5.41, 5.74) is 0. The number of nitrogens with zero attached hydrogens (tertiary/aromatic N) is 1. The normalized spacial score (nSPS) is 23.0. The number of hydrogen-bond donors (Lipinski definition) is 1. The SMILES string of the molecule is CN(CCP)CCC1CC(=O)CN1. The van der Waals surface area contributed by atoms with Crippen molar-refractivity contribution in [3.05, 3.63) is 0 Å². The smallest absolute Gasteiger partial charge is 0.148 e. The van der Waals surface area contributed by atoms with E-state index in [1.807, 2.05) is 0 Å². The highest BCUT2D eigenvalue weighted by Gasteiger charge is 2.20. The van der Waals surface area contributed by atoms with Gasteiger partial charge in [0.15, 0.2) is 0 Å². The van der Waals surface area contributed by atoms with Crippen LogP contribution in [0.3, 0.4) is 0 Å². The predicted molar refractivity (Wildman–Crippen MR) is 58.1 cm³/mol.